The largest absolute Gasteiger partial charge is 0.381 e. The van der Waals surface area contributed by atoms with Crippen molar-refractivity contribution in [2.24, 2.45) is 0 Å². The Balaban J connectivity index is 2.75. The molecule has 0 saturated carbocycles. The minimum Gasteiger partial charge on any atom is -0.381 e. The number of nitrogens with one attached hydrogen (secondary N) is 1. The van der Waals surface area contributed by atoms with Crippen LogP contribution in [0.4, 0.5) is 0 Å². The zero-order valence-corrected chi connectivity index (χ0v) is 10.6. The Labute approximate surface area is 100 Å². The van der Waals surface area contributed by atoms with Gasteiger partial charge in [0.15, 0.2) is 0 Å². The quantitative estimate of drug-likeness (QED) is 0.492. The molecule has 0 aromatic carbocycles. The number of piperazine rings is 1. The van der Waals surface area contributed by atoms with Gasteiger partial charge >= 0.3 is 0 Å². The number of hydrogen-bond donors (Lipinski definition) is 1. The lowest BCUT2D eigenvalue weighted by Crippen LogP contribution is -2.59. The fraction of sp³-hybridized carbons (Fsp3) is 0.778. The Morgan fingerprint density at radius 2 is 2.12 bits per heavy atom. The molecule has 7 nitrogen and oxygen atoms in total. The first-order valence-electron chi connectivity index (χ1n) is 5.29. The average Bonchev–Trinajstić information content (AvgIpc) is 2.23. The van der Waals surface area contributed by atoms with Crippen molar-refractivity contribution in [2.45, 2.75) is 19.9 Å². The van der Waals surface area contributed by atoms with Crippen LogP contribution in [0.15, 0.2) is 0 Å². The standard InChI is InChI=1S/C9H16N2O5S/c1-3-16-4-5-17(14,15)11-6-8(12)10-9(13)7(11)2/h7H,3-6H2,1-2H3,(H,10,12,13). The van der Waals surface area contributed by atoms with Crippen LogP contribution in [0.25, 0.3) is 0 Å². The predicted molar refractivity (Wildman–Crippen MR) is 59.6 cm³/mol. The summed E-state index contributed by atoms with van der Waals surface area (Å²) in [6, 6.07) is -0.862. The Bertz CT molecular complexity index is 406. The molecule has 8 heteroatoms. The lowest BCUT2D eigenvalue weighted by Gasteiger charge is -2.30. The number of nitrogens with zero attached hydrogens (tertiary/aromatic N) is 1. The third kappa shape index (κ3) is 3.48. The zero-order chi connectivity index (χ0) is 13.1. The Morgan fingerprint density at radius 3 is 2.71 bits per heavy atom. The van der Waals surface area contributed by atoms with E-state index in [-0.39, 0.29) is 18.9 Å². The molecular weight excluding hydrogens is 248 g/mol. The van der Waals surface area contributed by atoms with Crippen LogP contribution in [0.1, 0.15) is 13.8 Å². The molecule has 1 rings (SSSR count). The summed E-state index contributed by atoms with van der Waals surface area (Å²) in [6.45, 7) is 3.36. The highest BCUT2D eigenvalue weighted by Gasteiger charge is 2.37. The average molecular weight is 264 g/mol. The summed E-state index contributed by atoms with van der Waals surface area (Å²) < 4.78 is 29.6. The molecule has 0 radical (unpaired) electrons. The lowest BCUT2D eigenvalue weighted by molar-refractivity contribution is -0.136. The molecule has 0 spiro atoms. The topological polar surface area (TPSA) is 92.8 Å². The van der Waals surface area contributed by atoms with Crippen LogP contribution in [0.5, 0.6) is 0 Å². The van der Waals surface area contributed by atoms with Crippen LogP contribution in [0, 0.1) is 0 Å². The van der Waals surface area contributed by atoms with E-state index < -0.39 is 27.9 Å². The molecule has 2 amide bonds. The highest BCUT2D eigenvalue weighted by molar-refractivity contribution is 7.89. The lowest BCUT2D eigenvalue weighted by atomic mass is 10.2. The fourth-order valence-corrected chi connectivity index (χ4v) is 2.91. The van der Waals surface area contributed by atoms with E-state index in [4.69, 9.17) is 4.74 Å². The molecule has 1 aliphatic rings. The molecule has 1 atom stereocenters. The van der Waals surface area contributed by atoms with Gasteiger partial charge in [-0.2, -0.15) is 4.31 Å². The van der Waals surface area contributed by atoms with E-state index in [9.17, 15) is 18.0 Å². The maximum absolute atomic E-state index is 11.9. The normalized spacial score (nSPS) is 22.6. The molecule has 1 fully saturated rings. The SMILES string of the molecule is CCOCCS(=O)(=O)N1CC(=O)NC(=O)C1C. The zero-order valence-electron chi connectivity index (χ0n) is 9.80. The Morgan fingerprint density at radius 1 is 1.47 bits per heavy atom. The highest BCUT2D eigenvalue weighted by atomic mass is 32.2. The summed E-state index contributed by atoms with van der Waals surface area (Å²) >= 11 is 0. The predicted octanol–water partition coefficient (Wildman–Crippen LogP) is -1.30. The molecule has 1 heterocycles. The summed E-state index contributed by atoms with van der Waals surface area (Å²) in [5, 5.41) is 2.08. The second-order valence-electron chi connectivity index (χ2n) is 3.65. The highest BCUT2D eigenvalue weighted by Crippen LogP contribution is 2.11. The van der Waals surface area contributed by atoms with Gasteiger partial charge in [0.25, 0.3) is 0 Å². The Kier molecular flexibility index (Phi) is 4.61. The van der Waals surface area contributed by atoms with Gasteiger partial charge in [-0.1, -0.05) is 0 Å². The van der Waals surface area contributed by atoms with E-state index >= 15 is 0 Å². The summed E-state index contributed by atoms with van der Waals surface area (Å²) in [7, 11) is -3.64. The van der Waals surface area contributed by atoms with Crippen LogP contribution in [0.3, 0.4) is 0 Å². The van der Waals surface area contributed by atoms with Crippen molar-refractivity contribution in [3.05, 3.63) is 0 Å². The molecule has 1 N–H and O–H groups in total. The van der Waals surface area contributed by atoms with Gasteiger partial charge in [-0.3, -0.25) is 14.9 Å². The van der Waals surface area contributed by atoms with Crippen molar-refractivity contribution in [1.29, 1.82) is 0 Å². The van der Waals surface area contributed by atoms with E-state index in [0.29, 0.717) is 6.61 Å². The van der Waals surface area contributed by atoms with Crippen LogP contribution < -0.4 is 5.32 Å². The van der Waals surface area contributed by atoms with Gasteiger partial charge in [0, 0.05) is 6.61 Å². The van der Waals surface area contributed by atoms with Gasteiger partial charge in [-0.15, -0.1) is 0 Å². The van der Waals surface area contributed by atoms with Crippen LogP contribution >= 0.6 is 0 Å². The monoisotopic (exact) mass is 264 g/mol. The van der Waals surface area contributed by atoms with E-state index in [0.717, 1.165) is 4.31 Å². The number of rotatable bonds is 5. The minimum atomic E-state index is -3.64. The summed E-state index contributed by atoms with van der Waals surface area (Å²) in [4.78, 5) is 22.5. The first-order chi connectivity index (χ1) is 7.88. The van der Waals surface area contributed by atoms with Crippen molar-refractivity contribution < 1.29 is 22.7 Å². The maximum Gasteiger partial charge on any atom is 0.244 e. The van der Waals surface area contributed by atoms with E-state index in [2.05, 4.69) is 5.32 Å². The molecule has 1 unspecified atom stereocenters. The molecule has 1 aliphatic heterocycles. The summed E-state index contributed by atoms with van der Waals surface area (Å²) in [5.74, 6) is -1.43. The molecule has 0 aromatic heterocycles. The van der Waals surface area contributed by atoms with Crippen LogP contribution in [0.2, 0.25) is 0 Å². The molecule has 0 bridgehead atoms. The molecule has 98 valence electrons. The number of imide groups is 1. The Hall–Kier alpha value is -0.990. The van der Waals surface area contributed by atoms with Gasteiger partial charge in [0.05, 0.1) is 18.9 Å². The summed E-state index contributed by atoms with van der Waals surface area (Å²) in [5.41, 5.74) is 0. The van der Waals surface area contributed by atoms with Crippen molar-refractivity contribution in [3.63, 3.8) is 0 Å². The third-order valence-corrected chi connectivity index (χ3v) is 4.26. The van der Waals surface area contributed by atoms with Crippen LogP contribution in [-0.2, 0) is 24.3 Å². The first-order valence-corrected chi connectivity index (χ1v) is 6.90. The van der Waals surface area contributed by atoms with E-state index in [1.165, 1.54) is 6.92 Å². The number of hydrogen-bond acceptors (Lipinski definition) is 5. The second kappa shape index (κ2) is 5.56. The number of carbonyl (C=O) groups excluding carboxylic acids is 2. The molecule has 1 saturated heterocycles. The summed E-state index contributed by atoms with van der Waals surface area (Å²) in [6.07, 6.45) is 0. The molecule has 17 heavy (non-hydrogen) atoms. The first kappa shape index (κ1) is 14.1. The maximum atomic E-state index is 11.9. The minimum absolute atomic E-state index is 0.0534. The number of ether oxygens (including phenoxy) is 1. The second-order valence-corrected chi connectivity index (χ2v) is 5.69. The number of carbonyl (C=O) groups is 2. The number of sulfonamides is 1. The van der Waals surface area contributed by atoms with E-state index in [1.807, 2.05) is 0 Å². The van der Waals surface area contributed by atoms with E-state index in [1.54, 1.807) is 6.92 Å². The van der Waals surface area contributed by atoms with Crippen molar-refractivity contribution in [1.82, 2.24) is 9.62 Å². The van der Waals surface area contributed by atoms with Gasteiger partial charge in [0.2, 0.25) is 21.8 Å². The smallest absolute Gasteiger partial charge is 0.244 e. The third-order valence-electron chi connectivity index (χ3n) is 2.42. The molecular formula is C9H16N2O5S. The van der Waals surface area contributed by atoms with Gasteiger partial charge < -0.3 is 4.74 Å². The van der Waals surface area contributed by atoms with Crippen molar-refractivity contribution >= 4 is 21.8 Å². The van der Waals surface area contributed by atoms with Gasteiger partial charge in [-0.05, 0) is 13.8 Å². The van der Waals surface area contributed by atoms with Crippen molar-refractivity contribution in [3.8, 4) is 0 Å². The molecule has 0 aliphatic carbocycles. The van der Waals surface area contributed by atoms with Crippen LogP contribution in [-0.4, -0.2) is 56.1 Å². The van der Waals surface area contributed by atoms with Crippen molar-refractivity contribution in [2.75, 3.05) is 25.5 Å². The van der Waals surface area contributed by atoms with Gasteiger partial charge in [0.1, 0.15) is 6.04 Å². The fourth-order valence-electron chi connectivity index (χ4n) is 1.46. The van der Waals surface area contributed by atoms with Gasteiger partial charge in [-0.25, -0.2) is 8.42 Å². The molecule has 0 aromatic rings. The number of amides is 2.